The lowest BCUT2D eigenvalue weighted by Crippen LogP contribution is -1.91. The van der Waals surface area contributed by atoms with Crippen LogP contribution < -0.4 is 5.32 Å². The third-order valence-electron chi connectivity index (χ3n) is 2.95. The van der Waals surface area contributed by atoms with Crippen LogP contribution in [0.4, 0.5) is 17.1 Å². The molecule has 0 fully saturated rings. The van der Waals surface area contributed by atoms with Crippen LogP contribution in [0.3, 0.4) is 0 Å². The summed E-state index contributed by atoms with van der Waals surface area (Å²) in [7, 11) is 0. The second-order valence-corrected chi connectivity index (χ2v) is 4.18. The van der Waals surface area contributed by atoms with Crippen molar-refractivity contribution < 1.29 is 4.92 Å². The van der Waals surface area contributed by atoms with Gasteiger partial charge in [0.05, 0.1) is 10.6 Å². The van der Waals surface area contributed by atoms with Crippen LogP contribution >= 0.6 is 0 Å². The molecule has 2 N–H and O–H groups in total. The third-order valence-corrected chi connectivity index (χ3v) is 2.95. The molecule has 0 atom stereocenters. The minimum atomic E-state index is -0.407. The number of nitrogens with one attached hydrogen (secondary N) is 2. The van der Waals surface area contributed by atoms with E-state index in [1.54, 1.807) is 12.1 Å². The SMILES string of the molecule is O=[N+]([O-])c1ccc(Nc2c[nH]c3ccccc23)cc1. The predicted molar refractivity (Wildman–Crippen MR) is 74.7 cm³/mol. The molecule has 0 bridgehead atoms. The molecule has 94 valence electrons. The van der Waals surface area contributed by atoms with Gasteiger partial charge in [-0.1, -0.05) is 18.2 Å². The van der Waals surface area contributed by atoms with Crippen molar-refractivity contribution in [1.82, 2.24) is 4.98 Å². The molecule has 0 aliphatic carbocycles. The van der Waals surface area contributed by atoms with Gasteiger partial charge in [-0.05, 0) is 18.2 Å². The summed E-state index contributed by atoms with van der Waals surface area (Å²) in [6.07, 6.45) is 1.88. The maximum absolute atomic E-state index is 10.6. The first-order valence-electron chi connectivity index (χ1n) is 5.81. The van der Waals surface area contributed by atoms with Crippen LogP contribution in [0.5, 0.6) is 0 Å². The molecule has 19 heavy (non-hydrogen) atoms. The third kappa shape index (κ3) is 2.13. The number of H-pyrrole nitrogens is 1. The van der Waals surface area contributed by atoms with E-state index in [-0.39, 0.29) is 5.69 Å². The van der Waals surface area contributed by atoms with Gasteiger partial charge in [0.2, 0.25) is 0 Å². The van der Waals surface area contributed by atoms with Crippen LogP contribution in [-0.4, -0.2) is 9.91 Å². The quantitative estimate of drug-likeness (QED) is 0.550. The number of hydrogen-bond acceptors (Lipinski definition) is 3. The number of nitro groups is 1. The average molecular weight is 253 g/mol. The van der Waals surface area contributed by atoms with E-state index >= 15 is 0 Å². The Morgan fingerprint density at radius 3 is 2.53 bits per heavy atom. The number of aromatic nitrogens is 1. The second kappa shape index (κ2) is 4.45. The second-order valence-electron chi connectivity index (χ2n) is 4.18. The first-order valence-corrected chi connectivity index (χ1v) is 5.81. The number of para-hydroxylation sites is 1. The first-order chi connectivity index (χ1) is 9.24. The molecule has 5 heteroatoms. The number of non-ortho nitro benzene ring substituents is 1. The number of fused-ring (bicyclic) bond motifs is 1. The molecule has 1 aromatic heterocycles. The molecule has 0 amide bonds. The number of benzene rings is 2. The Labute approximate surface area is 109 Å². The molecule has 0 spiro atoms. The molecule has 0 radical (unpaired) electrons. The van der Waals surface area contributed by atoms with Crippen molar-refractivity contribution in [3.63, 3.8) is 0 Å². The Morgan fingerprint density at radius 2 is 1.79 bits per heavy atom. The van der Waals surface area contributed by atoms with E-state index in [2.05, 4.69) is 10.3 Å². The van der Waals surface area contributed by atoms with Crippen LogP contribution in [-0.2, 0) is 0 Å². The van der Waals surface area contributed by atoms with Gasteiger partial charge in [0.15, 0.2) is 0 Å². The lowest BCUT2D eigenvalue weighted by atomic mass is 10.2. The van der Waals surface area contributed by atoms with Gasteiger partial charge in [-0.25, -0.2) is 0 Å². The zero-order valence-corrected chi connectivity index (χ0v) is 9.96. The molecule has 3 rings (SSSR count). The molecule has 0 saturated heterocycles. The summed E-state index contributed by atoms with van der Waals surface area (Å²) < 4.78 is 0. The van der Waals surface area contributed by atoms with Crippen molar-refractivity contribution in [2.75, 3.05) is 5.32 Å². The van der Waals surface area contributed by atoms with Crippen LogP contribution in [0.1, 0.15) is 0 Å². The number of anilines is 2. The Hall–Kier alpha value is -2.82. The molecule has 5 nitrogen and oxygen atoms in total. The van der Waals surface area contributed by atoms with Gasteiger partial charge in [-0.15, -0.1) is 0 Å². The standard InChI is InChI=1S/C14H11N3O2/c18-17(19)11-7-5-10(6-8-11)16-14-9-15-13-4-2-1-3-12(13)14/h1-9,15-16H. The Kier molecular flexibility index (Phi) is 2.64. The van der Waals surface area contributed by atoms with Crippen molar-refractivity contribution in [2.24, 2.45) is 0 Å². The lowest BCUT2D eigenvalue weighted by molar-refractivity contribution is -0.384. The number of nitro benzene ring substituents is 1. The highest BCUT2D eigenvalue weighted by Crippen LogP contribution is 2.26. The van der Waals surface area contributed by atoms with Crippen LogP contribution in [0.2, 0.25) is 0 Å². The van der Waals surface area contributed by atoms with Crippen LogP contribution in [0.25, 0.3) is 10.9 Å². The van der Waals surface area contributed by atoms with Gasteiger partial charge in [0.1, 0.15) is 0 Å². The molecular weight excluding hydrogens is 242 g/mol. The number of rotatable bonds is 3. The fourth-order valence-electron chi connectivity index (χ4n) is 2.00. The molecule has 3 aromatic rings. The fraction of sp³-hybridized carbons (Fsp3) is 0. The van der Waals surface area contributed by atoms with E-state index in [1.807, 2.05) is 30.5 Å². The van der Waals surface area contributed by atoms with Crippen molar-refractivity contribution in [3.8, 4) is 0 Å². The molecule has 0 aliphatic heterocycles. The highest BCUT2D eigenvalue weighted by Gasteiger charge is 2.06. The zero-order valence-electron chi connectivity index (χ0n) is 9.96. The normalized spacial score (nSPS) is 10.5. The average Bonchev–Trinajstić information content (AvgIpc) is 2.83. The maximum Gasteiger partial charge on any atom is 0.269 e. The first kappa shape index (κ1) is 11.3. The van der Waals surface area contributed by atoms with Crippen LogP contribution in [0, 0.1) is 10.1 Å². The van der Waals surface area contributed by atoms with Gasteiger partial charge < -0.3 is 10.3 Å². The summed E-state index contributed by atoms with van der Waals surface area (Å²) in [5, 5.41) is 14.9. The van der Waals surface area contributed by atoms with Crippen molar-refractivity contribution in [2.45, 2.75) is 0 Å². The number of aromatic amines is 1. The minimum Gasteiger partial charge on any atom is -0.359 e. The smallest absolute Gasteiger partial charge is 0.269 e. The van der Waals surface area contributed by atoms with Gasteiger partial charge >= 0.3 is 0 Å². The van der Waals surface area contributed by atoms with Gasteiger partial charge in [-0.3, -0.25) is 10.1 Å². The molecule has 0 saturated carbocycles. The zero-order chi connectivity index (χ0) is 13.2. The van der Waals surface area contributed by atoms with E-state index in [4.69, 9.17) is 0 Å². The summed E-state index contributed by atoms with van der Waals surface area (Å²) >= 11 is 0. The van der Waals surface area contributed by atoms with E-state index < -0.39 is 4.92 Å². The van der Waals surface area contributed by atoms with E-state index in [0.717, 1.165) is 22.3 Å². The predicted octanol–water partition coefficient (Wildman–Crippen LogP) is 3.82. The summed E-state index contributed by atoms with van der Waals surface area (Å²) in [5.74, 6) is 0. The number of nitrogens with zero attached hydrogens (tertiary/aromatic N) is 1. The minimum absolute atomic E-state index is 0.0875. The summed E-state index contributed by atoms with van der Waals surface area (Å²) in [6.45, 7) is 0. The maximum atomic E-state index is 10.6. The van der Waals surface area contributed by atoms with Crippen molar-refractivity contribution >= 4 is 28.0 Å². The highest BCUT2D eigenvalue weighted by atomic mass is 16.6. The van der Waals surface area contributed by atoms with Crippen molar-refractivity contribution in [3.05, 3.63) is 64.8 Å². The summed E-state index contributed by atoms with van der Waals surface area (Å²) in [6, 6.07) is 14.3. The molecule has 0 unspecified atom stereocenters. The van der Waals surface area contributed by atoms with E-state index in [9.17, 15) is 10.1 Å². The highest BCUT2D eigenvalue weighted by molar-refractivity contribution is 5.94. The van der Waals surface area contributed by atoms with Crippen LogP contribution in [0.15, 0.2) is 54.7 Å². The van der Waals surface area contributed by atoms with Gasteiger partial charge in [0.25, 0.3) is 5.69 Å². The lowest BCUT2D eigenvalue weighted by Gasteiger charge is -2.04. The Bertz CT molecular complexity index is 732. The van der Waals surface area contributed by atoms with E-state index in [0.29, 0.717) is 0 Å². The largest absolute Gasteiger partial charge is 0.359 e. The van der Waals surface area contributed by atoms with E-state index in [1.165, 1.54) is 12.1 Å². The summed E-state index contributed by atoms with van der Waals surface area (Å²) in [4.78, 5) is 13.3. The monoisotopic (exact) mass is 253 g/mol. The van der Waals surface area contributed by atoms with Crippen molar-refractivity contribution in [1.29, 1.82) is 0 Å². The van der Waals surface area contributed by atoms with Gasteiger partial charge in [0, 0.05) is 34.9 Å². The topological polar surface area (TPSA) is 71.0 Å². The fourth-order valence-corrected chi connectivity index (χ4v) is 2.00. The molecule has 2 aromatic carbocycles. The summed E-state index contributed by atoms with van der Waals surface area (Å²) in [5.41, 5.74) is 2.90. The molecule has 0 aliphatic rings. The molecular formula is C14H11N3O2. The van der Waals surface area contributed by atoms with Gasteiger partial charge in [-0.2, -0.15) is 0 Å². The molecule has 1 heterocycles. The number of hydrogen-bond donors (Lipinski definition) is 2. The Balaban J connectivity index is 1.90. The Morgan fingerprint density at radius 1 is 1.05 bits per heavy atom.